The molecular formula is C13H8Cl4N2O. The van der Waals surface area contributed by atoms with Crippen LogP contribution in [0.1, 0.15) is 10.4 Å². The number of hydrogen-bond acceptors (Lipinski definition) is 2. The van der Waals surface area contributed by atoms with E-state index in [2.05, 4.69) is 5.32 Å². The first-order chi connectivity index (χ1) is 9.38. The standard InChI is InChI=1S/C13H8Cl4N2O/c14-6-1-2-11(18)7(3-6)13(20)19-12-5-9(16)8(15)4-10(12)17/h1-5H,18H2,(H,19,20). The first-order valence-electron chi connectivity index (χ1n) is 5.39. The Balaban J connectivity index is 2.32. The van der Waals surface area contributed by atoms with Gasteiger partial charge < -0.3 is 11.1 Å². The van der Waals surface area contributed by atoms with E-state index in [0.717, 1.165) is 0 Å². The van der Waals surface area contributed by atoms with E-state index >= 15 is 0 Å². The predicted octanol–water partition coefficient (Wildman–Crippen LogP) is 5.13. The van der Waals surface area contributed by atoms with Gasteiger partial charge in [0.1, 0.15) is 0 Å². The topological polar surface area (TPSA) is 55.1 Å². The molecule has 0 aliphatic rings. The van der Waals surface area contributed by atoms with E-state index in [0.29, 0.717) is 21.4 Å². The highest BCUT2D eigenvalue weighted by Gasteiger charge is 2.13. The molecule has 3 N–H and O–H groups in total. The van der Waals surface area contributed by atoms with E-state index in [-0.39, 0.29) is 15.6 Å². The van der Waals surface area contributed by atoms with Crippen molar-refractivity contribution in [2.75, 3.05) is 11.1 Å². The summed E-state index contributed by atoms with van der Waals surface area (Å²) in [5, 5.41) is 3.87. The van der Waals surface area contributed by atoms with E-state index in [9.17, 15) is 4.79 Å². The zero-order valence-corrected chi connectivity index (χ0v) is 12.9. The van der Waals surface area contributed by atoms with E-state index < -0.39 is 5.91 Å². The monoisotopic (exact) mass is 348 g/mol. The summed E-state index contributed by atoms with van der Waals surface area (Å²) in [5.74, 6) is -0.440. The Kier molecular flexibility index (Phi) is 4.66. The Hall–Kier alpha value is -1.13. The molecule has 0 unspecified atom stereocenters. The van der Waals surface area contributed by atoms with Gasteiger partial charge in [0.15, 0.2) is 0 Å². The number of halogens is 4. The molecule has 0 saturated heterocycles. The molecule has 0 fully saturated rings. The van der Waals surface area contributed by atoms with Crippen molar-refractivity contribution in [3.05, 3.63) is 56.0 Å². The highest BCUT2D eigenvalue weighted by atomic mass is 35.5. The molecule has 2 aromatic carbocycles. The molecule has 0 saturated carbocycles. The smallest absolute Gasteiger partial charge is 0.257 e. The van der Waals surface area contributed by atoms with Gasteiger partial charge in [-0.3, -0.25) is 4.79 Å². The van der Waals surface area contributed by atoms with Crippen LogP contribution in [0, 0.1) is 0 Å². The average molecular weight is 350 g/mol. The van der Waals surface area contributed by atoms with E-state index in [1.807, 2.05) is 0 Å². The summed E-state index contributed by atoms with van der Waals surface area (Å²) in [4.78, 5) is 12.2. The highest BCUT2D eigenvalue weighted by molar-refractivity contribution is 6.44. The largest absolute Gasteiger partial charge is 0.398 e. The third-order valence-corrected chi connectivity index (χ3v) is 3.79. The lowest BCUT2D eigenvalue weighted by molar-refractivity contribution is 0.102. The molecule has 104 valence electrons. The average Bonchev–Trinajstić information content (AvgIpc) is 2.38. The summed E-state index contributed by atoms with van der Waals surface area (Å²) in [7, 11) is 0. The normalized spacial score (nSPS) is 10.4. The number of nitrogen functional groups attached to an aromatic ring is 1. The molecule has 0 aliphatic heterocycles. The number of nitrogens with one attached hydrogen (secondary N) is 1. The number of nitrogens with two attached hydrogens (primary N) is 1. The Morgan fingerprint density at radius 2 is 1.60 bits per heavy atom. The number of hydrogen-bond donors (Lipinski definition) is 2. The zero-order chi connectivity index (χ0) is 14.9. The van der Waals surface area contributed by atoms with Gasteiger partial charge in [0.25, 0.3) is 5.91 Å². The van der Waals surface area contributed by atoms with Gasteiger partial charge in [0, 0.05) is 10.7 Å². The maximum Gasteiger partial charge on any atom is 0.257 e. The van der Waals surface area contributed by atoms with Crippen LogP contribution in [0.15, 0.2) is 30.3 Å². The maximum atomic E-state index is 12.2. The molecule has 0 spiro atoms. The SMILES string of the molecule is Nc1ccc(Cl)cc1C(=O)Nc1cc(Cl)c(Cl)cc1Cl. The van der Waals surface area contributed by atoms with Gasteiger partial charge in [-0.2, -0.15) is 0 Å². The Labute approximate surface area is 135 Å². The van der Waals surface area contributed by atoms with Crippen molar-refractivity contribution in [2.45, 2.75) is 0 Å². The Morgan fingerprint density at radius 3 is 2.30 bits per heavy atom. The lowest BCUT2D eigenvalue weighted by Crippen LogP contribution is -2.14. The van der Waals surface area contributed by atoms with Crippen LogP contribution >= 0.6 is 46.4 Å². The van der Waals surface area contributed by atoms with Gasteiger partial charge in [-0.15, -0.1) is 0 Å². The number of carbonyl (C=O) groups excluding carboxylic acids is 1. The lowest BCUT2D eigenvalue weighted by Gasteiger charge is -2.10. The molecule has 0 aliphatic carbocycles. The quantitative estimate of drug-likeness (QED) is 0.583. The van der Waals surface area contributed by atoms with Crippen molar-refractivity contribution in [3.63, 3.8) is 0 Å². The van der Waals surface area contributed by atoms with Crippen LogP contribution < -0.4 is 11.1 Å². The molecular weight excluding hydrogens is 342 g/mol. The van der Waals surface area contributed by atoms with Gasteiger partial charge in [0.2, 0.25) is 0 Å². The van der Waals surface area contributed by atoms with Gasteiger partial charge in [0.05, 0.1) is 26.3 Å². The van der Waals surface area contributed by atoms with Crippen molar-refractivity contribution < 1.29 is 4.79 Å². The Morgan fingerprint density at radius 1 is 0.950 bits per heavy atom. The molecule has 1 amide bonds. The fraction of sp³-hybridized carbons (Fsp3) is 0. The minimum atomic E-state index is -0.440. The second-order valence-electron chi connectivity index (χ2n) is 3.93. The minimum Gasteiger partial charge on any atom is -0.398 e. The van der Waals surface area contributed by atoms with Gasteiger partial charge >= 0.3 is 0 Å². The van der Waals surface area contributed by atoms with Crippen molar-refractivity contribution >= 4 is 63.7 Å². The second-order valence-corrected chi connectivity index (χ2v) is 5.59. The summed E-state index contributed by atoms with van der Waals surface area (Å²) in [6, 6.07) is 7.53. The van der Waals surface area contributed by atoms with Crippen molar-refractivity contribution in [1.82, 2.24) is 0 Å². The summed E-state index contributed by atoms with van der Waals surface area (Å²) < 4.78 is 0. The third-order valence-electron chi connectivity index (χ3n) is 2.52. The number of carbonyl (C=O) groups is 1. The summed E-state index contributed by atoms with van der Waals surface area (Å²) >= 11 is 23.5. The van der Waals surface area contributed by atoms with Crippen LogP contribution in [-0.2, 0) is 0 Å². The highest BCUT2D eigenvalue weighted by Crippen LogP contribution is 2.32. The molecule has 0 atom stereocenters. The minimum absolute atomic E-state index is 0.250. The van der Waals surface area contributed by atoms with E-state index in [1.54, 1.807) is 12.1 Å². The molecule has 0 bridgehead atoms. The second kappa shape index (κ2) is 6.10. The fourth-order valence-electron chi connectivity index (χ4n) is 1.53. The number of rotatable bonds is 2. The number of benzene rings is 2. The van der Waals surface area contributed by atoms with E-state index in [4.69, 9.17) is 52.1 Å². The summed E-state index contributed by atoms with van der Waals surface area (Å²) in [6.45, 7) is 0. The van der Waals surface area contributed by atoms with Crippen LogP contribution in [0.25, 0.3) is 0 Å². The molecule has 3 nitrogen and oxygen atoms in total. The van der Waals surface area contributed by atoms with E-state index in [1.165, 1.54) is 18.2 Å². The molecule has 2 aromatic rings. The predicted molar refractivity (Wildman–Crippen MR) is 85.3 cm³/mol. The first-order valence-corrected chi connectivity index (χ1v) is 6.90. The zero-order valence-electron chi connectivity index (χ0n) is 9.88. The van der Waals surface area contributed by atoms with Crippen LogP contribution in [0.2, 0.25) is 20.1 Å². The van der Waals surface area contributed by atoms with Crippen molar-refractivity contribution in [3.8, 4) is 0 Å². The number of amides is 1. The number of anilines is 2. The molecule has 0 heterocycles. The van der Waals surface area contributed by atoms with Crippen LogP contribution in [-0.4, -0.2) is 5.91 Å². The molecule has 7 heteroatoms. The van der Waals surface area contributed by atoms with Crippen molar-refractivity contribution in [2.24, 2.45) is 0 Å². The van der Waals surface area contributed by atoms with Crippen LogP contribution in [0.3, 0.4) is 0 Å². The summed E-state index contributed by atoms with van der Waals surface area (Å²) in [6.07, 6.45) is 0. The van der Waals surface area contributed by atoms with Gasteiger partial charge in [-0.25, -0.2) is 0 Å². The van der Waals surface area contributed by atoms with Gasteiger partial charge in [-0.05, 0) is 30.3 Å². The molecule has 20 heavy (non-hydrogen) atoms. The molecule has 2 rings (SSSR count). The van der Waals surface area contributed by atoms with Gasteiger partial charge in [-0.1, -0.05) is 46.4 Å². The lowest BCUT2D eigenvalue weighted by atomic mass is 10.1. The molecule has 0 aromatic heterocycles. The Bertz CT molecular complexity index is 688. The summed E-state index contributed by atoms with van der Waals surface area (Å²) in [5.41, 5.74) is 6.63. The first kappa shape index (κ1) is 15.3. The molecule has 0 radical (unpaired) electrons. The fourth-order valence-corrected chi connectivity index (χ4v) is 2.30. The van der Waals surface area contributed by atoms with Crippen LogP contribution in [0.4, 0.5) is 11.4 Å². The maximum absolute atomic E-state index is 12.2. The van der Waals surface area contributed by atoms with Crippen molar-refractivity contribution in [1.29, 1.82) is 0 Å². The van der Waals surface area contributed by atoms with Crippen LogP contribution in [0.5, 0.6) is 0 Å². The third kappa shape index (κ3) is 3.30.